The number of aliphatic hydroxyl groups is 1. The lowest BCUT2D eigenvalue weighted by Gasteiger charge is -2.17. The van der Waals surface area contributed by atoms with E-state index in [1.54, 1.807) is 7.11 Å². The summed E-state index contributed by atoms with van der Waals surface area (Å²) in [5, 5.41) is 17.0. The summed E-state index contributed by atoms with van der Waals surface area (Å²) in [6, 6.07) is 18.0. The molecule has 1 atom stereocenters. The van der Waals surface area contributed by atoms with Gasteiger partial charge in [0.05, 0.1) is 19.8 Å². The molecule has 0 radical (unpaired) electrons. The van der Waals surface area contributed by atoms with Gasteiger partial charge in [-0.1, -0.05) is 30.3 Å². The average molecular weight is 400 g/mol. The lowest BCUT2D eigenvalue weighted by atomic mass is 10.1. The van der Waals surface area contributed by atoms with Crippen LogP contribution in [0.1, 0.15) is 31.4 Å². The summed E-state index contributed by atoms with van der Waals surface area (Å²) in [5.41, 5.74) is 0.820. The summed E-state index contributed by atoms with van der Waals surface area (Å²) in [4.78, 5) is 6.07. The van der Waals surface area contributed by atoms with Gasteiger partial charge in [0.25, 0.3) is 0 Å². The molecular weight excluding hydrogens is 370 g/mol. The Morgan fingerprint density at radius 2 is 1.96 bits per heavy atom. The van der Waals surface area contributed by atoms with Gasteiger partial charge in [-0.05, 0) is 49.6 Å². The van der Waals surface area contributed by atoms with E-state index < -0.39 is 6.10 Å². The first-order chi connectivity index (χ1) is 13.6. The Morgan fingerprint density at radius 1 is 1.18 bits per heavy atom. The van der Waals surface area contributed by atoms with Crippen LogP contribution in [-0.4, -0.2) is 42.6 Å². The minimum absolute atomic E-state index is 0.203. The number of hydrogen-bond donors (Lipinski definition) is 3. The van der Waals surface area contributed by atoms with Crippen molar-refractivity contribution in [2.24, 2.45) is 4.99 Å². The number of aliphatic hydroxyl groups excluding tert-OH is 1. The summed E-state index contributed by atoms with van der Waals surface area (Å²) >= 11 is 1.92. The Bertz CT molecular complexity index is 778. The third kappa shape index (κ3) is 5.91. The molecule has 3 rings (SSSR count). The first kappa shape index (κ1) is 20.6. The monoisotopic (exact) mass is 399 g/mol. The topological polar surface area (TPSA) is 65.9 Å². The predicted molar refractivity (Wildman–Crippen MR) is 116 cm³/mol. The van der Waals surface area contributed by atoms with Crippen molar-refractivity contribution in [3.63, 3.8) is 0 Å². The SMILES string of the molecule is CCNC(=NCC1(Sc2ccccc2)CC1)NCC(O)c1cccc(OC)c1. The second-order valence-corrected chi connectivity index (χ2v) is 8.51. The lowest BCUT2D eigenvalue weighted by molar-refractivity contribution is 0.180. The summed E-state index contributed by atoms with van der Waals surface area (Å²) < 4.78 is 5.43. The van der Waals surface area contributed by atoms with Crippen molar-refractivity contribution in [2.75, 3.05) is 26.7 Å². The van der Waals surface area contributed by atoms with E-state index in [0.717, 1.165) is 30.4 Å². The van der Waals surface area contributed by atoms with Crippen molar-refractivity contribution < 1.29 is 9.84 Å². The quantitative estimate of drug-likeness (QED) is 0.444. The summed E-state index contributed by atoms with van der Waals surface area (Å²) in [6.45, 7) is 3.97. The third-order valence-corrected chi connectivity index (χ3v) is 6.17. The second-order valence-electron chi connectivity index (χ2n) is 6.97. The van der Waals surface area contributed by atoms with Gasteiger partial charge in [0, 0.05) is 22.7 Å². The van der Waals surface area contributed by atoms with E-state index in [9.17, 15) is 5.11 Å². The maximum atomic E-state index is 10.5. The van der Waals surface area contributed by atoms with E-state index in [2.05, 4.69) is 34.9 Å². The maximum absolute atomic E-state index is 10.5. The van der Waals surface area contributed by atoms with E-state index in [4.69, 9.17) is 9.73 Å². The Kier molecular flexibility index (Phi) is 7.23. The molecule has 0 heterocycles. The molecular formula is C22H29N3O2S. The molecule has 0 saturated heterocycles. The molecule has 0 spiro atoms. The van der Waals surface area contributed by atoms with Crippen molar-refractivity contribution in [3.05, 3.63) is 60.2 Å². The van der Waals surface area contributed by atoms with Gasteiger partial charge in [-0.15, -0.1) is 11.8 Å². The zero-order valence-corrected chi connectivity index (χ0v) is 17.3. The summed E-state index contributed by atoms with van der Waals surface area (Å²) in [6.07, 6.45) is 1.73. The third-order valence-electron chi connectivity index (χ3n) is 4.70. The molecule has 6 heteroatoms. The van der Waals surface area contributed by atoms with Crippen LogP contribution in [0.15, 0.2) is 64.5 Å². The predicted octanol–water partition coefficient (Wildman–Crippen LogP) is 3.61. The summed E-state index contributed by atoms with van der Waals surface area (Å²) in [7, 11) is 1.63. The van der Waals surface area contributed by atoms with Gasteiger partial charge in [-0.2, -0.15) is 0 Å². The zero-order valence-electron chi connectivity index (χ0n) is 16.5. The fourth-order valence-electron chi connectivity index (χ4n) is 2.90. The molecule has 28 heavy (non-hydrogen) atoms. The molecule has 1 fully saturated rings. The molecule has 1 unspecified atom stereocenters. The molecule has 1 aliphatic carbocycles. The zero-order chi connectivity index (χ0) is 19.8. The fraction of sp³-hybridized carbons (Fsp3) is 0.409. The minimum atomic E-state index is -0.632. The van der Waals surface area contributed by atoms with Crippen LogP contribution in [0.4, 0.5) is 0 Å². The van der Waals surface area contributed by atoms with Crippen molar-refractivity contribution in [2.45, 2.75) is 35.5 Å². The van der Waals surface area contributed by atoms with Crippen molar-refractivity contribution in [1.29, 1.82) is 0 Å². The van der Waals surface area contributed by atoms with Crippen LogP contribution in [0.5, 0.6) is 5.75 Å². The molecule has 5 nitrogen and oxygen atoms in total. The Labute approximate surface area is 171 Å². The van der Waals surface area contributed by atoms with Crippen LogP contribution in [0, 0.1) is 0 Å². The highest BCUT2D eigenvalue weighted by Gasteiger charge is 2.43. The van der Waals surface area contributed by atoms with Crippen LogP contribution < -0.4 is 15.4 Å². The Balaban J connectivity index is 1.56. The number of nitrogens with zero attached hydrogens (tertiary/aromatic N) is 1. The van der Waals surface area contributed by atoms with Gasteiger partial charge in [0.15, 0.2) is 5.96 Å². The normalized spacial score (nSPS) is 16.3. The standard InChI is InChI=1S/C22H29N3O2S/c1-3-23-21(24-15-20(26)17-8-7-9-18(14-17)27-2)25-16-22(12-13-22)28-19-10-5-4-6-11-19/h4-11,14,20,26H,3,12-13,15-16H2,1-2H3,(H2,23,24,25). The number of hydrogen-bond acceptors (Lipinski definition) is 4. The lowest BCUT2D eigenvalue weighted by Crippen LogP contribution is -2.40. The highest BCUT2D eigenvalue weighted by Crippen LogP contribution is 2.51. The number of guanidine groups is 1. The van der Waals surface area contributed by atoms with Gasteiger partial charge in [0.1, 0.15) is 5.75 Å². The number of methoxy groups -OCH3 is 1. The molecule has 0 aromatic heterocycles. The number of ether oxygens (including phenoxy) is 1. The minimum Gasteiger partial charge on any atom is -0.497 e. The molecule has 0 amide bonds. The molecule has 3 N–H and O–H groups in total. The number of aliphatic imine (C=N–C) groups is 1. The van der Waals surface area contributed by atoms with E-state index >= 15 is 0 Å². The number of rotatable bonds is 9. The van der Waals surface area contributed by atoms with E-state index in [1.165, 1.54) is 17.7 Å². The van der Waals surface area contributed by atoms with Crippen molar-refractivity contribution in [3.8, 4) is 5.75 Å². The number of thioether (sulfide) groups is 1. The van der Waals surface area contributed by atoms with Crippen LogP contribution in [0.3, 0.4) is 0 Å². The Morgan fingerprint density at radius 3 is 2.64 bits per heavy atom. The second kappa shape index (κ2) is 9.85. The van der Waals surface area contributed by atoms with Gasteiger partial charge in [0.2, 0.25) is 0 Å². The van der Waals surface area contributed by atoms with E-state index in [1.807, 2.05) is 49.0 Å². The van der Waals surface area contributed by atoms with Crippen LogP contribution in [0.2, 0.25) is 0 Å². The molecule has 150 valence electrons. The first-order valence-corrected chi connectivity index (χ1v) is 10.5. The fourth-order valence-corrected chi connectivity index (χ4v) is 4.12. The summed E-state index contributed by atoms with van der Waals surface area (Å²) in [5.74, 6) is 1.48. The molecule has 2 aromatic rings. The van der Waals surface area contributed by atoms with Crippen molar-refractivity contribution >= 4 is 17.7 Å². The molecule has 1 aliphatic rings. The molecule has 1 saturated carbocycles. The Hall–Kier alpha value is -2.18. The highest BCUT2D eigenvalue weighted by atomic mass is 32.2. The van der Waals surface area contributed by atoms with Gasteiger partial charge < -0.3 is 20.5 Å². The van der Waals surface area contributed by atoms with E-state index in [-0.39, 0.29) is 4.75 Å². The largest absolute Gasteiger partial charge is 0.497 e. The van der Waals surface area contributed by atoms with Crippen LogP contribution in [-0.2, 0) is 0 Å². The smallest absolute Gasteiger partial charge is 0.191 e. The van der Waals surface area contributed by atoms with Gasteiger partial charge in [-0.3, -0.25) is 4.99 Å². The van der Waals surface area contributed by atoms with Gasteiger partial charge in [-0.25, -0.2) is 0 Å². The highest BCUT2D eigenvalue weighted by molar-refractivity contribution is 8.01. The van der Waals surface area contributed by atoms with E-state index in [0.29, 0.717) is 6.54 Å². The van der Waals surface area contributed by atoms with Crippen LogP contribution >= 0.6 is 11.8 Å². The van der Waals surface area contributed by atoms with Gasteiger partial charge >= 0.3 is 0 Å². The first-order valence-electron chi connectivity index (χ1n) is 9.72. The van der Waals surface area contributed by atoms with Crippen molar-refractivity contribution in [1.82, 2.24) is 10.6 Å². The average Bonchev–Trinajstić information content (AvgIpc) is 3.50. The molecule has 2 aromatic carbocycles. The van der Waals surface area contributed by atoms with Crippen LogP contribution in [0.25, 0.3) is 0 Å². The molecule has 0 bridgehead atoms. The molecule has 0 aliphatic heterocycles. The number of nitrogens with one attached hydrogen (secondary N) is 2. The maximum Gasteiger partial charge on any atom is 0.191 e. The number of benzene rings is 2.